The number of hydrogen-bond donors (Lipinski definition) is 0. The Morgan fingerprint density at radius 1 is 1.43 bits per heavy atom. The number of hydrogen-bond acceptors (Lipinski definition) is 1. The molecule has 2 bridgehead atoms. The average molecular weight is 94.1 g/mol. The van der Waals surface area contributed by atoms with E-state index >= 15 is 0 Å². The largest absolute Gasteiger partial charge is 0.298 e. The lowest BCUT2D eigenvalue weighted by Crippen LogP contribution is -2.28. The van der Waals surface area contributed by atoms with Gasteiger partial charge in [-0.3, -0.25) is 4.79 Å². The molecule has 2 atom stereocenters. The fraction of sp³-hybridized carbons (Fsp3) is 0.500. The minimum atomic E-state index is 0.338. The van der Waals surface area contributed by atoms with Gasteiger partial charge in [-0.05, 0) is 6.42 Å². The molecule has 2 unspecified atom stereocenters. The summed E-state index contributed by atoms with van der Waals surface area (Å²) in [6.07, 6.45) is 5.15. The van der Waals surface area contributed by atoms with Crippen LogP contribution in [0.15, 0.2) is 12.2 Å². The fourth-order valence-electron chi connectivity index (χ4n) is 1.24. The van der Waals surface area contributed by atoms with Gasteiger partial charge in [0.15, 0.2) is 0 Å². The van der Waals surface area contributed by atoms with Crippen LogP contribution in [0.25, 0.3) is 0 Å². The van der Waals surface area contributed by atoms with E-state index in [1.165, 1.54) is 0 Å². The Morgan fingerprint density at radius 2 is 2.00 bits per heavy atom. The van der Waals surface area contributed by atoms with Crippen molar-refractivity contribution in [3.05, 3.63) is 12.2 Å². The maximum absolute atomic E-state index is 10.6. The van der Waals surface area contributed by atoms with Crippen molar-refractivity contribution in [2.75, 3.05) is 0 Å². The molecule has 1 fully saturated rings. The number of ketones is 1. The van der Waals surface area contributed by atoms with Gasteiger partial charge in [-0.15, -0.1) is 0 Å². The van der Waals surface area contributed by atoms with E-state index in [-0.39, 0.29) is 0 Å². The van der Waals surface area contributed by atoms with Gasteiger partial charge in [-0.1, -0.05) is 12.2 Å². The smallest absolute Gasteiger partial charge is 0.146 e. The van der Waals surface area contributed by atoms with Crippen molar-refractivity contribution in [3.63, 3.8) is 0 Å². The third kappa shape index (κ3) is 0.234. The highest BCUT2D eigenvalue weighted by Crippen LogP contribution is 2.38. The minimum absolute atomic E-state index is 0.338. The van der Waals surface area contributed by atoms with E-state index in [1.807, 2.05) is 12.2 Å². The zero-order valence-corrected chi connectivity index (χ0v) is 3.92. The highest BCUT2D eigenvalue weighted by molar-refractivity contribution is 5.94. The predicted molar refractivity (Wildman–Crippen MR) is 25.7 cm³/mol. The monoisotopic (exact) mass is 94.0 g/mol. The highest BCUT2D eigenvalue weighted by Gasteiger charge is 2.40. The summed E-state index contributed by atoms with van der Waals surface area (Å²) in [6, 6.07) is 0. The van der Waals surface area contributed by atoms with E-state index < -0.39 is 0 Å². The van der Waals surface area contributed by atoms with E-state index in [0.29, 0.717) is 17.6 Å². The van der Waals surface area contributed by atoms with Gasteiger partial charge >= 0.3 is 0 Å². The van der Waals surface area contributed by atoms with E-state index in [4.69, 9.17) is 0 Å². The topological polar surface area (TPSA) is 17.1 Å². The number of Topliss-reactive ketones (excluding diaryl/α,β-unsaturated/α-hetero) is 1. The highest BCUT2D eigenvalue weighted by atomic mass is 16.1. The number of carbonyl (C=O) groups excluding carboxylic acids is 1. The van der Waals surface area contributed by atoms with Crippen molar-refractivity contribution in [3.8, 4) is 0 Å². The molecule has 0 amide bonds. The SMILES string of the molecule is O=C1C2C=CC1C2. The van der Waals surface area contributed by atoms with E-state index in [1.54, 1.807) is 0 Å². The Morgan fingerprint density at radius 3 is 2.14 bits per heavy atom. The summed E-state index contributed by atoms with van der Waals surface area (Å²) in [7, 11) is 0. The Balaban J connectivity index is 2.40. The zero-order chi connectivity index (χ0) is 4.85. The van der Waals surface area contributed by atoms with Gasteiger partial charge in [0.1, 0.15) is 5.78 Å². The molecule has 0 spiro atoms. The van der Waals surface area contributed by atoms with Crippen LogP contribution in [0.3, 0.4) is 0 Å². The third-order valence-electron chi connectivity index (χ3n) is 1.81. The van der Waals surface area contributed by atoms with Crippen molar-refractivity contribution in [1.82, 2.24) is 0 Å². The van der Waals surface area contributed by atoms with Crippen LogP contribution in [-0.2, 0) is 4.79 Å². The van der Waals surface area contributed by atoms with Crippen molar-refractivity contribution in [1.29, 1.82) is 0 Å². The molecule has 3 aliphatic rings. The molecular formula is C6H6O. The van der Waals surface area contributed by atoms with Gasteiger partial charge in [0, 0.05) is 11.8 Å². The van der Waals surface area contributed by atoms with E-state index in [2.05, 4.69) is 0 Å². The van der Waals surface area contributed by atoms with Crippen molar-refractivity contribution < 1.29 is 4.79 Å². The molecule has 0 aromatic carbocycles. The van der Waals surface area contributed by atoms with Gasteiger partial charge in [0.2, 0.25) is 0 Å². The first kappa shape index (κ1) is 3.42. The van der Waals surface area contributed by atoms with Gasteiger partial charge in [-0.2, -0.15) is 0 Å². The van der Waals surface area contributed by atoms with Crippen LogP contribution in [-0.4, -0.2) is 5.78 Å². The summed E-state index contributed by atoms with van der Waals surface area (Å²) in [5, 5.41) is 0. The average Bonchev–Trinajstić information content (AvgIpc) is 2.18. The van der Waals surface area contributed by atoms with Crippen LogP contribution in [0.1, 0.15) is 6.42 Å². The second-order valence-corrected chi connectivity index (χ2v) is 2.24. The van der Waals surface area contributed by atoms with Gasteiger partial charge in [-0.25, -0.2) is 0 Å². The Bertz CT molecular complexity index is 132. The van der Waals surface area contributed by atoms with Crippen LogP contribution in [0, 0.1) is 11.8 Å². The molecule has 1 saturated carbocycles. The molecule has 0 radical (unpaired) electrons. The van der Waals surface area contributed by atoms with Crippen molar-refractivity contribution in [2.45, 2.75) is 6.42 Å². The summed E-state index contributed by atoms with van der Waals surface area (Å²) in [5.41, 5.74) is 0. The molecular weight excluding hydrogens is 88.1 g/mol. The standard InChI is InChI=1S/C6H6O/c7-6-4-1-2-5(6)3-4/h1-2,4-5H,3H2. The second-order valence-electron chi connectivity index (χ2n) is 2.24. The van der Waals surface area contributed by atoms with Gasteiger partial charge in [0.25, 0.3) is 0 Å². The molecule has 0 heterocycles. The fourth-order valence-corrected chi connectivity index (χ4v) is 1.24. The van der Waals surface area contributed by atoms with Crippen LogP contribution < -0.4 is 0 Å². The number of allylic oxidation sites excluding steroid dienone is 2. The Kier molecular flexibility index (Phi) is 0.394. The molecule has 36 valence electrons. The summed E-state index contributed by atoms with van der Waals surface area (Å²) in [6.45, 7) is 0. The first-order chi connectivity index (χ1) is 3.38. The molecule has 0 aromatic rings. The number of carbonyl (C=O) groups is 1. The summed E-state index contributed by atoms with van der Waals surface area (Å²) in [4.78, 5) is 10.6. The summed E-state index contributed by atoms with van der Waals surface area (Å²) in [5.74, 6) is 1.12. The Hall–Kier alpha value is -0.590. The van der Waals surface area contributed by atoms with Crippen LogP contribution in [0.2, 0.25) is 0 Å². The molecule has 3 rings (SSSR count). The van der Waals surface area contributed by atoms with E-state index in [0.717, 1.165) is 6.42 Å². The molecule has 1 heteroatoms. The maximum Gasteiger partial charge on any atom is 0.146 e. The second kappa shape index (κ2) is 0.808. The maximum atomic E-state index is 10.6. The lowest BCUT2D eigenvalue weighted by atomic mass is 9.81. The molecule has 0 aliphatic heterocycles. The molecule has 0 saturated heterocycles. The Labute approximate surface area is 42.0 Å². The summed E-state index contributed by atoms with van der Waals surface area (Å²) >= 11 is 0. The quantitative estimate of drug-likeness (QED) is 0.405. The zero-order valence-electron chi connectivity index (χ0n) is 3.92. The molecule has 1 nitrogen and oxygen atoms in total. The summed E-state index contributed by atoms with van der Waals surface area (Å²) < 4.78 is 0. The molecule has 0 N–H and O–H groups in total. The normalized spacial score (nSPS) is 44.3. The number of rotatable bonds is 0. The molecule has 0 aromatic heterocycles. The predicted octanol–water partition coefficient (Wildman–Crippen LogP) is 0.761. The third-order valence-corrected chi connectivity index (χ3v) is 1.81. The van der Waals surface area contributed by atoms with Crippen LogP contribution in [0.4, 0.5) is 0 Å². The molecule has 7 heavy (non-hydrogen) atoms. The minimum Gasteiger partial charge on any atom is -0.298 e. The van der Waals surface area contributed by atoms with E-state index in [9.17, 15) is 4.79 Å². The molecule has 3 aliphatic carbocycles. The van der Waals surface area contributed by atoms with Crippen LogP contribution in [0.5, 0.6) is 0 Å². The lowest BCUT2D eigenvalue weighted by Gasteiger charge is -2.20. The van der Waals surface area contributed by atoms with Gasteiger partial charge < -0.3 is 0 Å². The lowest BCUT2D eigenvalue weighted by molar-refractivity contribution is -0.129. The van der Waals surface area contributed by atoms with Crippen LogP contribution >= 0.6 is 0 Å². The van der Waals surface area contributed by atoms with Gasteiger partial charge in [0.05, 0.1) is 0 Å². The first-order valence-corrected chi connectivity index (χ1v) is 2.60. The van der Waals surface area contributed by atoms with Crippen molar-refractivity contribution >= 4 is 5.78 Å². The first-order valence-electron chi connectivity index (χ1n) is 2.60. The van der Waals surface area contributed by atoms with Crippen molar-refractivity contribution in [2.24, 2.45) is 11.8 Å².